The largest absolute Gasteiger partial charge is 0.289 e. The predicted molar refractivity (Wildman–Crippen MR) is 253 cm³/mol. The minimum absolute atomic E-state index is 0.851. The van der Waals surface area contributed by atoms with E-state index in [0.717, 1.165) is 100 Å². The Labute approximate surface area is 339 Å². The molecule has 6 aromatic rings. The molecular weight excluding hydrogens is 709 g/mol. The van der Waals surface area contributed by atoms with E-state index in [9.17, 15) is 0 Å². The van der Waals surface area contributed by atoms with Crippen molar-refractivity contribution in [3.63, 3.8) is 0 Å². The Kier molecular flexibility index (Phi) is 11.9. The summed E-state index contributed by atoms with van der Waals surface area (Å²) >= 11 is 0. The molecule has 0 spiro atoms. The minimum atomic E-state index is 0.851. The Morgan fingerprint density at radius 2 is 0.707 bits per heavy atom. The van der Waals surface area contributed by atoms with Gasteiger partial charge in [0.2, 0.25) is 0 Å². The highest BCUT2D eigenvalue weighted by molar-refractivity contribution is 6.10. The molecule has 0 fully saturated rings. The normalized spacial score (nSPS) is 12.9. The van der Waals surface area contributed by atoms with E-state index in [-0.39, 0.29) is 0 Å². The van der Waals surface area contributed by atoms with Crippen LogP contribution in [0.4, 0.5) is 22.7 Å². The summed E-state index contributed by atoms with van der Waals surface area (Å²) in [7, 11) is 3.60. The van der Waals surface area contributed by atoms with E-state index in [1.54, 1.807) is 14.1 Å². The Bertz CT molecular complexity index is 2610. The standard InChI is InChI=1S/2C26H21N3/c2*1-27-20-12-8-18(9-13-20)26(19-10-14-21(28-2)15-11-19)24-16-17-25(29-3)23-7-5-4-6-22(23)24/h2*4-17H,1,3H2,2H3. The van der Waals surface area contributed by atoms with Gasteiger partial charge < -0.3 is 0 Å². The number of benzene rings is 6. The van der Waals surface area contributed by atoms with Crippen molar-refractivity contribution in [3.8, 4) is 0 Å². The fraction of sp³-hybridized carbons (Fsp3) is 0.0385. The Balaban J connectivity index is 0.000000177. The lowest BCUT2D eigenvalue weighted by Gasteiger charge is -2.17. The lowest BCUT2D eigenvalue weighted by Crippen LogP contribution is -1.98. The topological polar surface area (TPSA) is 74.2 Å². The van der Waals surface area contributed by atoms with Crippen LogP contribution in [0.2, 0.25) is 0 Å². The van der Waals surface area contributed by atoms with Gasteiger partial charge in [0.15, 0.2) is 0 Å². The fourth-order valence-electron chi connectivity index (χ4n) is 7.25. The van der Waals surface area contributed by atoms with Crippen LogP contribution in [0.1, 0.15) is 22.3 Å². The molecule has 280 valence electrons. The number of allylic oxidation sites excluding steroid dienone is 10. The van der Waals surface area contributed by atoms with Crippen LogP contribution >= 0.6 is 0 Å². The summed E-state index contributed by atoms with van der Waals surface area (Å²) in [6.07, 6.45) is 16.6. The number of fused-ring (bicyclic) bond motifs is 2. The first kappa shape index (κ1) is 38.6. The fourth-order valence-corrected chi connectivity index (χ4v) is 7.25. The molecule has 0 atom stereocenters. The van der Waals surface area contributed by atoms with Crippen molar-refractivity contribution in [2.75, 3.05) is 14.1 Å². The van der Waals surface area contributed by atoms with Gasteiger partial charge in [0, 0.05) is 24.9 Å². The Hall–Kier alpha value is -7.70. The molecule has 0 aromatic heterocycles. The SMILES string of the molecule is C=Nc1ccc(C(=C2C=CC(=NC)C=C2)c2ccc(N=C)c3ccccc23)cc1.C=Nc1ccc(C(=C2C=CC(=NC)C=C2)c2ccc(N=C)c3ccccc23)cc1. The maximum absolute atomic E-state index is 4.26. The van der Waals surface area contributed by atoms with Crippen molar-refractivity contribution in [1.29, 1.82) is 0 Å². The van der Waals surface area contributed by atoms with Crippen molar-refractivity contribution >= 4 is 93.7 Å². The first-order valence-electron chi connectivity index (χ1n) is 18.8. The molecule has 58 heavy (non-hydrogen) atoms. The molecule has 2 aliphatic carbocycles. The molecule has 6 nitrogen and oxygen atoms in total. The third-order valence-corrected chi connectivity index (χ3v) is 10.2. The Morgan fingerprint density at radius 3 is 1.02 bits per heavy atom. The predicted octanol–water partition coefficient (Wildman–Crippen LogP) is 13.0. The molecule has 6 aromatic carbocycles. The molecule has 0 saturated heterocycles. The third-order valence-electron chi connectivity index (χ3n) is 10.2. The highest BCUT2D eigenvalue weighted by Gasteiger charge is 2.17. The monoisotopic (exact) mass is 750 g/mol. The summed E-state index contributed by atoms with van der Waals surface area (Å²) in [5.74, 6) is 0. The maximum atomic E-state index is 4.26. The lowest BCUT2D eigenvalue weighted by atomic mass is 9.87. The van der Waals surface area contributed by atoms with Gasteiger partial charge in [0.05, 0.1) is 34.2 Å². The molecule has 0 aliphatic heterocycles. The van der Waals surface area contributed by atoms with Gasteiger partial charge in [-0.1, -0.05) is 109 Å². The van der Waals surface area contributed by atoms with Gasteiger partial charge in [0.25, 0.3) is 0 Å². The molecule has 0 radical (unpaired) electrons. The van der Waals surface area contributed by atoms with Crippen LogP contribution in [-0.4, -0.2) is 52.4 Å². The van der Waals surface area contributed by atoms with Gasteiger partial charge in [-0.2, -0.15) is 0 Å². The second kappa shape index (κ2) is 17.8. The number of rotatable bonds is 8. The van der Waals surface area contributed by atoms with E-state index in [1.165, 1.54) is 0 Å². The molecule has 0 bridgehead atoms. The van der Waals surface area contributed by atoms with Gasteiger partial charge in [0.1, 0.15) is 0 Å². The summed E-state index contributed by atoms with van der Waals surface area (Å²) in [5.41, 5.74) is 14.4. The van der Waals surface area contributed by atoms with Crippen LogP contribution in [0.3, 0.4) is 0 Å². The summed E-state index contributed by atoms with van der Waals surface area (Å²) in [6, 6.07) is 41.2. The van der Waals surface area contributed by atoms with Gasteiger partial charge in [-0.3, -0.25) is 30.0 Å². The molecule has 8 rings (SSSR count). The minimum Gasteiger partial charge on any atom is -0.289 e. The Morgan fingerprint density at radius 1 is 0.362 bits per heavy atom. The molecule has 0 unspecified atom stereocenters. The van der Waals surface area contributed by atoms with Crippen LogP contribution in [0, 0.1) is 0 Å². The van der Waals surface area contributed by atoms with E-state index in [1.807, 2.05) is 72.8 Å². The van der Waals surface area contributed by atoms with E-state index in [0.29, 0.717) is 0 Å². The second-order valence-corrected chi connectivity index (χ2v) is 13.4. The summed E-state index contributed by atoms with van der Waals surface area (Å²) in [5, 5.41) is 4.45. The van der Waals surface area contributed by atoms with Crippen molar-refractivity contribution in [3.05, 3.63) is 203 Å². The van der Waals surface area contributed by atoms with Gasteiger partial charge in [-0.25, -0.2) is 0 Å². The molecule has 0 saturated carbocycles. The summed E-state index contributed by atoms with van der Waals surface area (Å²) in [4.78, 5) is 25.0. The summed E-state index contributed by atoms with van der Waals surface area (Å²) in [6.45, 7) is 14.7. The van der Waals surface area contributed by atoms with E-state index < -0.39 is 0 Å². The number of nitrogens with zero attached hydrogens (tertiary/aromatic N) is 6. The van der Waals surface area contributed by atoms with Crippen LogP contribution in [0.25, 0.3) is 32.7 Å². The van der Waals surface area contributed by atoms with Crippen molar-refractivity contribution in [1.82, 2.24) is 0 Å². The van der Waals surface area contributed by atoms with Gasteiger partial charge in [-0.05, 0) is 143 Å². The van der Waals surface area contributed by atoms with Crippen LogP contribution in [0.5, 0.6) is 0 Å². The zero-order chi connectivity index (χ0) is 40.4. The maximum Gasteiger partial charge on any atom is 0.0701 e. The van der Waals surface area contributed by atoms with Crippen molar-refractivity contribution in [2.45, 2.75) is 0 Å². The van der Waals surface area contributed by atoms with Crippen LogP contribution in [0.15, 0.2) is 211 Å². The molecule has 0 amide bonds. The number of aliphatic imine (C=N–C) groups is 6. The quantitative estimate of drug-likeness (QED) is 0.139. The van der Waals surface area contributed by atoms with Crippen molar-refractivity contribution in [2.24, 2.45) is 30.0 Å². The van der Waals surface area contributed by atoms with Gasteiger partial charge >= 0.3 is 0 Å². The molecule has 2 aliphatic rings. The highest BCUT2D eigenvalue weighted by Crippen LogP contribution is 2.39. The van der Waals surface area contributed by atoms with Crippen LogP contribution in [-0.2, 0) is 0 Å². The second-order valence-electron chi connectivity index (χ2n) is 13.4. The third kappa shape index (κ3) is 7.99. The molecule has 0 heterocycles. The summed E-state index contributed by atoms with van der Waals surface area (Å²) < 4.78 is 0. The zero-order valence-electron chi connectivity index (χ0n) is 32.7. The first-order valence-corrected chi connectivity index (χ1v) is 18.8. The number of hydrogen-bond donors (Lipinski definition) is 0. The van der Waals surface area contributed by atoms with E-state index >= 15 is 0 Å². The zero-order valence-corrected chi connectivity index (χ0v) is 32.7. The average Bonchev–Trinajstić information content (AvgIpc) is 3.30. The van der Waals surface area contributed by atoms with Crippen molar-refractivity contribution < 1.29 is 0 Å². The van der Waals surface area contributed by atoms with E-state index in [2.05, 4.69) is 154 Å². The molecule has 6 heteroatoms. The number of hydrogen-bond acceptors (Lipinski definition) is 6. The van der Waals surface area contributed by atoms with E-state index in [4.69, 9.17) is 0 Å². The molecular formula is C52H42N6. The lowest BCUT2D eigenvalue weighted by molar-refractivity contribution is 1.44. The van der Waals surface area contributed by atoms with Gasteiger partial charge in [-0.15, -0.1) is 0 Å². The first-order chi connectivity index (χ1) is 28.5. The average molecular weight is 751 g/mol. The smallest absolute Gasteiger partial charge is 0.0701 e. The highest BCUT2D eigenvalue weighted by atomic mass is 14.7. The van der Waals surface area contributed by atoms with Crippen LogP contribution < -0.4 is 0 Å². The molecule has 0 N–H and O–H groups in total.